The number of benzene rings is 1. The largest absolute Gasteiger partial charge is 0.385 e. The minimum atomic E-state index is -1.15. The molecule has 3 aliphatic rings. The molecule has 8 heteroatoms. The van der Waals surface area contributed by atoms with Gasteiger partial charge >= 0.3 is 0 Å². The first-order valence-electron chi connectivity index (χ1n) is 10.5. The quantitative estimate of drug-likeness (QED) is 0.796. The van der Waals surface area contributed by atoms with E-state index in [1.165, 1.54) is 11.3 Å². The molecule has 1 aliphatic carbocycles. The topological polar surface area (TPSA) is 98.7 Å². The van der Waals surface area contributed by atoms with Crippen LogP contribution in [0.2, 0.25) is 0 Å². The van der Waals surface area contributed by atoms with Gasteiger partial charge in [0, 0.05) is 56.4 Å². The average Bonchev–Trinajstić information content (AvgIpc) is 3.56. The molecule has 2 amide bonds. The summed E-state index contributed by atoms with van der Waals surface area (Å²) in [7, 11) is 0. The highest BCUT2D eigenvalue weighted by Crippen LogP contribution is 2.37. The van der Waals surface area contributed by atoms with Crippen LogP contribution in [0, 0.1) is 0 Å². The summed E-state index contributed by atoms with van der Waals surface area (Å²) in [6, 6.07) is 6.29. The molecule has 1 aromatic heterocycles. The molecule has 0 spiro atoms. The van der Waals surface area contributed by atoms with Crippen LogP contribution in [0.25, 0.3) is 11.1 Å². The molecule has 0 radical (unpaired) electrons. The Morgan fingerprint density at radius 1 is 1.00 bits per heavy atom. The third-order valence-corrected chi connectivity index (χ3v) is 6.20. The number of aliphatic hydroxyl groups is 1. The molecule has 30 heavy (non-hydrogen) atoms. The van der Waals surface area contributed by atoms with Crippen molar-refractivity contribution in [3.63, 3.8) is 0 Å². The summed E-state index contributed by atoms with van der Waals surface area (Å²) < 4.78 is 0. The molecular weight excluding hydrogens is 382 g/mol. The van der Waals surface area contributed by atoms with Crippen LogP contribution in [-0.2, 0) is 11.2 Å². The number of rotatable bonds is 3. The second kappa shape index (κ2) is 7.36. The maximum absolute atomic E-state index is 12.8. The van der Waals surface area contributed by atoms with E-state index in [0.717, 1.165) is 30.5 Å². The fourth-order valence-electron chi connectivity index (χ4n) is 4.12. The van der Waals surface area contributed by atoms with Crippen molar-refractivity contribution in [1.82, 2.24) is 19.8 Å². The number of fused-ring (bicyclic) bond motifs is 1. The van der Waals surface area contributed by atoms with E-state index in [-0.39, 0.29) is 17.6 Å². The molecule has 0 bridgehead atoms. The highest BCUT2D eigenvalue weighted by Gasteiger charge is 2.50. The van der Waals surface area contributed by atoms with Crippen LogP contribution in [0.5, 0.6) is 0 Å². The number of nitrogens with one attached hydrogen (secondary N) is 1. The summed E-state index contributed by atoms with van der Waals surface area (Å²) in [6.45, 7) is 2.70. The number of amides is 2. The van der Waals surface area contributed by atoms with Crippen LogP contribution >= 0.6 is 0 Å². The Morgan fingerprint density at radius 3 is 2.40 bits per heavy atom. The second-order valence-electron chi connectivity index (χ2n) is 8.31. The zero-order chi connectivity index (χ0) is 20.7. The van der Waals surface area contributed by atoms with Gasteiger partial charge in [-0.15, -0.1) is 0 Å². The number of nitrogens with zero attached hydrogens (tertiary/aromatic N) is 4. The van der Waals surface area contributed by atoms with Gasteiger partial charge in [0.2, 0.25) is 5.82 Å². The molecule has 156 valence electrons. The third-order valence-electron chi connectivity index (χ3n) is 6.20. The van der Waals surface area contributed by atoms with E-state index < -0.39 is 5.60 Å². The van der Waals surface area contributed by atoms with Crippen molar-refractivity contribution >= 4 is 17.5 Å². The molecule has 1 saturated heterocycles. The Hall–Kier alpha value is -3.00. The van der Waals surface area contributed by atoms with Crippen molar-refractivity contribution in [2.75, 3.05) is 38.0 Å². The SMILES string of the molecule is O=C(c1ncc(-c2ccc3c(c2)CCCN3)cn1)N1CCN(C(=O)C2(O)CC2)CC1. The second-order valence-corrected chi connectivity index (χ2v) is 8.31. The maximum atomic E-state index is 12.8. The van der Waals surface area contributed by atoms with E-state index >= 15 is 0 Å². The number of aryl methyl sites for hydroxylation is 1. The monoisotopic (exact) mass is 407 g/mol. The first kappa shape index (κ1) is 19.0. The highest BCUT2D eigenvalue weighted by molar-refractivity contribution is 5.91. The molecule has 2 N–H and O–H groups in total. The van der Waals surface area contributed by atoms with Gasteiger partial charge in [0.25, 0.3) is 11.8 Å². The predicted octanol–water partition coefficient (Wildman–Crippen LogP) is 1.31. The van der Waals surface area contributed by atoms with E-state index in [1.54, 1.807) is 22.2 Å². The van der Waals surface area contributed by atoms with E-state index in [4.69, 9.17) is 0 Å². The smallest absolute Gasteiger partial charge is 0.291 e. The number of carbonyl (C=O) groups is 2. The van der Waals surface area contributed by atoms with E-state index in [9.17, 15) is 14.7 Å². The highest BCUT2D eigenvalue weighted by atomic mass is 16.3. The Bertz CT molecular complexity index is 979. The third kappa shape index (κ3) is 3.52. The normalized spacial score (nSPS) is 19.6. The summed E-state index contributed by atoms with van der Waals surface area (Å²) in [6.07, 6.45) is 6.64. The van der Waals surface area contributed by atoms with E-state index in [1.807, 2.05) is 6.07 Å². The van der Waals surface area contributed by atoms with Crippen molar-refractivity contribution in [3.05, 3.63) is 42.0 Å². The number of anilines is 1. The van der Waals surface area contributed by atoms with Crippen molar-refractivity contribution in [2.24, 2.45) is 0 Å². The molecule has 0 unspecified atom stereocenters. The van der Waals surface area contributed by atoms with Crippen LogP contribution in [0.15, 0.2) is 30.6 Å². The van der Waals surface area contributed by atoms with Crippen molar-refractivity contribution in [1.29, 1.82) is 0 Å². The zero-order valence-corrected chi connectivity index (χ0v) is 16.8. The summed E-state index contributed by atoms with van der Waals surface area (Å²) >= 11 is 0. The number of piperazine rings is 1. The number of hydrogen-bond acceptors (Lipinski definition) is 6. The number of aromatic nitrogens is 2. The predicted molar refractivity (Wildman–Crippen MR) is 111 cm³/mol. The van der Waals surface area contributed by atoms with Crippen LogP contribution in [0.4, 0.5) is 5.69 Å². The lowest BCUT2D eigenvalue weighted by atomic mass is 9.98. The van der Waals surface area contributed by atoms with Gasteiger partial charge in [-0.2, -0.15) is 0 Å². The molecule has 1 saturated carbocycles. The Labute approximate surface area is 174 Å². The summed E-state index contributed by atoms with van der Waals surface area (Å²) in [5, 5.41) is 13.4. The molecule has 2 aliphatic heterocycles. The number of carbonyl (C=O) groups excluding carboxylic acids is 2. The van der Waals surface area contributed by atoms with Gasteiger partial charge in [0.15, 0.2) is 0 Å². The van der Waals surface area contributed by atoms with Gasteiger partial charge < -0.3 is 20.2 Å². The van der Waals surface area contributed by atoms with Crippen molar-refractivity contribution < 1.29 is 14.7 Å². The standard InChI is InChI=1S/C22H25N5O3/c28-20(26-8-10-27(11-9-26)21(29)22(30)5-6-22)19-24-13-17(14-25-19)15-3-4-18-16(12-15)2-1-7-23-18/h3-4,12-14,23,30H,1-2,5-11H2. The molecular formula is C22H25N5O3. The van der Waals surface area contributed by atoms with Crippen LogP contribution < -0.4 is 5.32 Å². The van der Waals surface area contributed by atoms with Gasteiger partial charge in [-0.25, -0.2) is 9.97 Å². The zero-order valence-electron chi connectivity index (χ0n) is 16.8. The minimum Gasteiger partial charge on any atom is -0.385 e. The summed E-state index contributed by atoms with van der Waals surface area (Å²) in [5.74, 6) is -0.275. The van der Waals surface area contributed by atoms with Crippen LogP contribution in [-0.4, -0.2) is 75.0 Å². The van der Waals surface area contributed by atoms with Gasteiger partial charge in [-0.1, -0.05) is 6.07 Å². The van der Waals surface area contributed by atoms with Crippen molar-refractivity contribution in [2.45, 2.75) is 31.3 Å². The lowest BCUT2D eigenvalue weighted by Crippen LogP contribution is -2.53. The van der Waals surface area contributed by atoms with Gasteiger partial charge in [-0.3, -0.25) is 9.59 Å². The Kier molecular flexibility index (Phi) is 4.66. The lowest BCUT2D eigenvalue weighted by molar-refractivity contribution is -0.143. The average molecular weight is 407 g/mol. The Morgan fingerprint density at radius 2 is 1.70 bits per heavy atom. The lowest BCUT2D eigenvalue weighted by Gasteiger charge is -2.35. The van der Waals surface area contributed by atoms with Crippen molar-refractivity contribution in [3.8, 4) is 11.1 Å². The fourth-order valence-corrected chi connectivity index (χ4v) is 4.12. The molecule has 2 fully saturated rings. The Balaban J connectivity index is 1.23. The minimum absolute atomic E-state index is 0.166. The first-order valence-corrected chi connectivity index (χ1v) is 10.5. The molecule has 8 nitrogen and oxygen atoms in total. The van der Waals surface area contributed by atoms with Gasteiger partial charge in [0.1, 0.15) is 5.60 Å². The van der Waals surface area contributed by atoms with Crippen LogP contribution in [0.3, 0.4) is 0 Å². The van der Waals surface area contributed by atoms with Crippen LogP contribution in [0.1, 0.15) is 35.4 Å². The molecule has 2 aromatic rings. The van der Waals surface area contributed by atoms with Gasteiger partial charge in [0.05, 0.1) is 0 Å². The van der Waals surface area contributed by atoms with Gasteiger partial charge in [-0.05, 0) is 48.9 Å². The molecule has 5 rings (SSSR count). The summed E-state index contributed by atoms with van der Waals surface area (Å²) in [4.78, 5) is 36.9. The molecule has 3 heterocycles. The molecule has 1 aromatic carbocycles. The fraction of sp³-hybridized carbons (Fsp3) is 0.455. The first-order chi connectivity index (χ1) is 14.5. The van der Waals surface area contributed by atoms with E-state index in [0.29, 0.717) is 39.0 Å². The number of hydrogen-bond donors (Lipinski definition) is 2. The maximum Gasteiger partial charge on any atom is 0.291 e. The molecule has 0 atom stereocenters. The summed E-state index contributed by atoms with van der Waals surface area (Å²) in [5.41, 5.74) is 3.25. The van der Waals surface area contributed by atoms with E-state index in [2.05, 4.69) is 27.4 Å².